The van der Waals surface area contributed by atoms with Gasteiger partial charge in [0.15, 0.2) is 0 Å². The van der Waals surface area contributed by atoms with E-state index >= 15 is 0 Å². The number of nitrogens with one attached hydrogen (secondary N) is 1. The van der Waals surface area contributed by atoms with E-state index in [1.54, 1.807) is 11.3 Å². The van der Waals surface area contributed by atoms with E-state index in [-0.39, 0.29) is 5.69 Å². The first-order chi connectivity index (χ1) is 13.3. The molecule has 146 valence electrons. The number of aryl methyl sites for hydroxylation is 1. The van der Waals surface area contributed by atoms with Gasteiger partial charge in [0.25, 0.3) is 5.56 Å². The second-order valence-corrected chi connectivity index (χ2v) is 8.10. The molecular weight excluding hydrogens is 387 g/mol. The Labute approximate surface area is 163 Å². The van der Waals surface area contributed by atoms with Gasteiger partial charge in [-0.15, -0.1) is 11.3 Å². The van der Waals surface area contributed by atoms with Crippen molar-refractivity contribution in [1.29, 1.82) is 0 Å². The molecule has 3 aromatic rings. The number of benzene rings is 1. The topological polar surface area (TPSA) is 49.0 Å². The van der Waals surface area contributed by atoms with Crippen LogP contribution in [0.4, 0.5) is 13.2 Å². The summed E-state index contributed by atoms with van der Waals surface area (Å²) in [5.41, 5.74) is 2.24. The molecule has 28 heavy (non-hydrogen) atoms. The van der Waals surface area contributed by atoms with E-state index in [1.165, 1.54) is 10.4 Å². The van der Waals surface area contributed by atoms with E-state index in [9.17, 15) is 18.0 Å². The first-order valence-electron chi connectivity index (χ1n) is 8.87. The first kappa shape index (κ1) is 18.9. The van der Waals surface area contributed by atoms with Crippen LogP contribution in [0.1, 0.15) is 27.5 Å². The molecule has 4 rings (SSSR count). The summed E-state index contributed by atoms with van der Waals surface area (Å²) in [6.45, 7) is 3.56. The highest BCUT2D eigenvalue weighted by Crippen LogP contribution is 2.30. The molecule has 1 N–H and O–H groups in total. The average molecular weight is 405 g/mol. The Kier molecular flexibility index (Phi) is 4.84. The largest absolute Gasteiger partial charge is 0.449 e. The zero-order valence-corrected chi connectivity index (χ0v) is 16.0. The second-order valence-electron chi connectivity index (χ2n) is 6.93. The minimum absolute atomic E-state index is 0.249. The van der Waals surface area contributed by atoms with Crippen LogP contribution < -0.4 is 5.56 Å². The molecule has 0 amide bonds. The van der Waals surface area contributed by atoms with Crippen LogP contribution in [0, 0.1) is 6.92 Å². The normalized spacial score (nSPS) is 14.9. The number of fused-ring (bicyclic) bond motifs is 1. The zero-order valence-electron chi connectivity index (χ0n) is 15.1. The summed E-state index contributed by atoms with van der Waals surface area (Å²) in [5, 5.41) is 0. The minimum Gasteiger partial charge on any atom is -0.303 e. The van der Waals surface area contributed by atoms with Gasteiger partial charge in [0.05, 0.1) is 11.3 Å². The third kappa shape index (κ3) is 3.88. The van der Waals surface area contributed by atoms with Gasteiger partial charge < -0.3 is 4.98 Å². The van der Waals surface area contributed by atoms with Gasteiger partial charge in [-0.25, -0.2) is 4.98 Å². The van der Waals surface area contributed by atoms with Gasteiger partial charge >= 0.3 is 6.18 Å². The number of H-pyrrole nitrogens is 1. The van der Waals surface area contributed by atoms with Gasteiger partial charge in [0.2, 0.25) is 5.82 Å². The second kappa shape index (κ2) is 7.18. The summed E-state index contributed by atoms with van der Waals surface area (Å²) in [6, 6.07) is 12.5. The zero-order chi connectivity index (χ0) is 19.9. The van der Waals surface area contributed by atoms with E-state index in [1.807, 2.05) is 11.9 Å². The molecule has 0 fully saturated rings. The molecule has 0 bridgehead atoms. The Morgan fingerprint density at radius 1 is 1.18 bits per heavy atom. The number of aromatic nitrogens is 2. The van der Waals surface area contributed by atoms with Gasteiger partial charge in [-0.3, -0.25) is 9.69 Å². The lowest BCUT2D eigenvalue weighted by Crippen LogP contribution is -2.36. The van der Waals surface area contributed by atoms with Crippen molar-refractivity contribution in [1.82, 2.24) is 14.9 Å². The Bertz CT molecular complexity index is 1050. The van der Waals surface area contributed by atoms with Crippen molar-refractivity contribution in [3.63, 3.8) is 0 Å². The van der Waals surface area contributed by atoms with Crippen LogP contribution in [0.15, 0.2) is 41.2 Å². The molecule has 2 aromatic heterocycles. The number of hydrogen-bond donors (Lipinski definition) is 1. The quantitative estimate of drug-likeness (QED) is 0.703. The highest BCUT2D eigenvalue weighted by Gasteiger charge is 2.35. The molecule has 1 aromatic carbocycles. The number of hydrogen-bond acceptors (Lipinski definition) is 4. The molecule has 0 aliphatic carbocycles. The van der Waals surface area contributed by atoms with Crippen LogP contribution in [0.5, 0.6) is 0 Å². The molecule has 1 aliphatic rings. The lowest BCUT2D eigenvalue weighted by molar-refractivity contribution is -0.145. The lowest BCUT2D eigenvalue weighted by Gasteiger charge is -2.27. The molecule has 3 heterocycles. The predicted octanol–water partition coefficient (Wildman–Crippen LogP) is 4.38. The van der Waals surface area contributed by atoms with Crippen molar-refractivity contribution < 1.29 is 13.2 Å². The van der Waals surface area contributed by atoms with Crippen LogP contribution in [0.3, 0.4) is 0 Å². The summed E-state index contributed by atoms with van der Waals surface area (Å²) >= 11 is 1.68. The third-order valence-corrected chi connectivity index (χ3v) is 5.91. The van der Waals surface area contributed by atoms with E-state index in [0.29, 0.717) is 31.6 Å². The van der Waals surface area contributed by atoms with Gasteiger partial charge in [0.1, 0.15) is 0 Å². The maximum atomic E-state index is 12.8. The number of alkyl halides is 3. The summed E-state index contributed by atoms with van der Waals surface area (Å²) < 4.78 is 38.5. The maximum Gasteiger partial charge on any atom is 0.449 e. The van der Waals surface area contributed by atoms with Gasteiger partial charge in [-0.1, -0.05) is 29.8 Å². The molecule has 0 saturated heterocycles. The number of aromatic amines is 1. The summed E-state index contributed by atoms with van der Waals surface area (Å²) in [6.07, 6.45) is -4.31. The van der Waals surface area contributed by atoms with E-state index in [4.69, 9.17) is 0 Å². The Balaban J connectivity index is 1.50. The van der Waals surface area contributed by atoms with Crippen molar-refractivity contribution >= 4 is 11.3 Å². The Hall–Kier alpha value is -2.45. The van der Waals surface area contributed by atoms with Crippen molar-refractivity contribution in [3.8, 4) is 10.4 Å². The highest BCUT2D eigenvalue weighted by molar-refractivity contribution is 7.15. The Morgan fingerprint density at radius 3 is 2.64 bits per heavy atom. The molecule has 0 saturated carbocycles. The maximum absolute atomic E-state index is 12.8. The third-order valence-electron chi connectivity index (χ3n) is 4.79. The van der Waals surface area contributed by atoms with Gasteiger partial charge in [-0.2, -0.15) is 13.2 Å². The van der Waals surface area contributed by atoms with Crippen molar-refractivity contribution in [3.05, 3.63) is 74.3 Å². The lowest BCUT2D eigenvalue weighted by atomic mass is 10.1. The smallest absolute Gasteiger partial charge is 0.303 e. The van der Waals surface area contributed by atoms with E-state index < -0.39 is 17.6 Å². The van der Waals surface area contributed by atoms with Crippen LogP contribution in [-0.4, -0.2) is 21.4 Å². The van der Waals surface area contributed by atoms with Crippen molar-refractivity contribution in [2.45, 2.75) is 32.6 Å². The van der Waals surface area contributed by atoms with Crippen molar-refractivity contribution in [2.75, 3.05) is 6.54 Å². The molecule has 0 spiro atoms. The molecule has 0 unspecified atom stereocenters. The summed E-state index contributed by atoms with van der Waals surface area (Å²) in [5.74, 6) is -1.22. The number of halogens is 3. The first-order valence-corrected chi connectivity index (χ1v) is 9.68. The van der Waals surface area contributed by atoms with Crippen LogP contribution in [-0.2, 0) is 25.7 Å². The monoisotopic (exact) mass is 405 g/mol. The van der Waals surface area contributed by atoms with Crippen LogP contribution in [0.2, 0.25) is 0 Å². The molecule has 1 aliphatic heterocycles. The van der Waals surface area contributed by atoms with Crippen LogP contribution >= 0.6 is 11.3 Å². The fraction of sp³-hybridized carbons (Fsp3) is 0.300. The number of thiophene rings is 1. The molecular formula is C20H18F3N3OS. The predicted molar refractivity (Wildman–Crippen MR) is 102 cm³/mol. The van der Waals surface area contributed by atoms with E-state index in [2.05, 4.69) is 46.3 Å². The van der Waals surface area contributed by atoms with Gasteiger partial charge in [0, 0.05) is 35.8 Å². The number of nitrogens with zero attached hydrogens (tertiary/aromatic N) is 2. The fourth-order valence-electron chi connectivity index (χ4n) is 3.31. The van der Waals surface area contributed by atoms with Crippen molar-refractivity contribution in [2.24, 2.45) is 0 Å². The highest BCUT2D eigenvalue weighted by atomic mass is 32.1. The molecule has 0 atom stereocenters. The fourth-order valence-corrected chi connectivity index (χ4v) is 4.36. The molecule has 4 nitrogen and oxygen atoms in total. The summed E-state index contributed by atoms with van der Waals surface area (Å²) in [4.78, 5) is 22.0. The van der Waals surface area contributed by atoms with Gasteiger partial charge in [-0.05, 0) is 24.6 Å². The number of rotatable bonds is 3. The summed E-state index contributed by atoms with van der Waals surface area (Å²) in [7, 11) is 0. The standard InChI is InChI=1S/C20H18F3N3OS/c1-12-2-4-13(5-3-12)17-7-6-14(28-17)10-26-9-8-16-15(11-26)18(27)25-19(24-16)20(21,22)23/h2-7H,8-11H2,1H3,(H,24,25,27). The molecule has 0 radical (unpaired) electrons. The Morgan fingerprint density at radius 2 is 1.93 bits per heavy atom. The molecule has 8 heteroatoms. The average Bonchev–Trinajstić information content (AvgIpc) is 3.10. The van der Waals surface area contributed by atoms with E-state index in [0.717, 1.165) is 10.4 Å². The van der Waals surface area contributed by atoms with Crippen LogP contribution in [0.25, 0.3) is 10.4 Å². The SMILES string of the molecule is Cc1ccc(-c2ccc(CN3CCc4nc(C(F)(F)F)[nH]c(=O)c4C3)s2)cc1. The minimum atomic E-state index is -4.64.